The first-order valence-electron chi connectivity index (χ1n) is 6.69. The van der Waals surface area contributed by atoms with Crippen molar-refractivity contribution in [3.8, 4) is 6.07 Å². The zero-order chi connectivity index (χ0) is 15.0. The SMILES string of the molecule is CN(CCC#N)C(=O)CN1CCC(OCC(=O)O)CC1. The van der Waals surface area contributed by atoms with E-state index in [1.54, 1.807) is 11.9 Å². The van der Waals surface area contributed by atoms with E-state index in [1.165, 1.54) is 0 Å². The maximum absolute atomic E-state index is 11.9. The van der Waals surface area contributed by atoms with Gasteiger partial charge in [-0.15, -0.1) is 0 Å². The fourth-order valence-electron chi connectivity index (χ4n) is 2.08. The quantitative estimate of drug-likeness (QED) is 0.702. The Bertz CT molecular complexity index is 372. The van der Waals surface area contributed by atoms with Crippen LogP contribution in [0.4, 0.5) is 0 Å². The lowest BCUT2D eigenvalue weighted by molar-refractivity contribution is -0.145. The molecule has 1 aliphatic rings. The number of likely N-dealkylation sites (N-methyl/N-ethyl adjacent to an activating group) is 1. The van der Waals surface area contributed by atoms with Gasteiger partial charge in [0, 0.05) is 26.7 Å². The molecule has 20 heavy (non-hydrogen) atoms. The van der Waals surface area contributed by atoms with Gasteiger partial charge in [-0.2, -0.15) is 5.26 Å². The molecule has 0 spiro atoms. The van der Waals surface area contributed by atoms with E-state index in [2.05, 4.69) is 0 Å². The minimum atomic E-state index is -0.957. The van der Waals surface area contributed by atoms with Crippen molar-refractivity contribution in [2.75, 3.05) is 39.8 Å². The maximum atomic E-state index is 11.9. The molecule has 0 aromatic heterocycles. The van der Waals surface area contributed by atoms with Crippen molar-refractivity contribution in [3.05, 3.63) is 0 Å². The van der Waals surface area contributed by atoms with Crippen molar-refractivity contribution in [1.82, 2.24) is 9.80 Å². The molecule has 0 radical (unpaired) electrons. The molecule has 0 atom stereocenters. The van der Waals surface area contributed by atoms with Crippen LogP contribution in [0.25, 0.3) is 0 Å². The molecule has 1 fully saturated rings. The van der Waals surface area contributed by atoms with Crippen LogP contribution in [-0.2, 0) is 14.3 Å². The van der Waals surface area contributed by atoms with E-state index in [0.717, 1.165) is 25.9 Å². The Hall–Kier alpha value is -1.65. The van der Waals surface area contributed by atoms with E-state index in [9.17, 15) is 9.59 Å². The van der Waals surface area contributed by atoms with Crippen LogP contribution in [0.3, 0.4) is 0 Å². The summed E-state index contributed by atoms with van der Waals surface area (Å²) in [5.41, 5.74) is 0. The summed E-state index contributed by atoms with van der Waals surface area (Å²) in [6.07, 6.45) is 1.78. The van der Waals surface area contributed by atoms with E-state index in [1.807, 2.05) is 11.0 Å². The lowest BCUT2D eigenvalue weighted by Crippen LogP contribution is -2.44. The fraction of sp³-hybridized carbons (Fsp3) is 0.769. The molecular formula is C13H21N3O4. The van der Waals surface area contributed by atoms with Crippen LogP contribution >= 0.6 is 0 Å². The first-order valence-corrected chi connectivity index (χ1v) is 6.69. The van der Waals surface area contributed by atoms with Crippen LogP contribution in [0.15, 0.2) is 0 Å². The number of piperidine rings is 1. The van der Waals surface area contributed by atoms with Gasteiger partial charge in [0.25, 0.3) is 0 Å². The molecule has 1 saturated heterocycles. The molecule has 0 aliphatic carbocycles. The van der Waals surface area contributed by atoms with Crippen LogP contribution in [-0.4, -0.2) is 72.7 Å². The van der Waals surface area contributed by atoms with Gasteiger partial charge in [-0.25, -0.2) is 4.79 Å². The number of nitriles is 1. The Morgan fingerprint density at radius 1 is 1.45 bits per heavy atom. The van der Waals surface area contributed by atoms with Crippen molar-refractivity contribution in [3.63, 3.8) is 0 Å². The second kappa shape index (κ2) is 8.51. The lowest BCUT2D eigenvalue weighted by atomic mass is 10.1. The molecular weight excluding hydrogens is 262 g/mol. The van der Waals surface area contributed by atoms with E-state index in [0.29, 0.717) is 19.5 Å². The number of carbonyl (C=O) groups excluding carboxylic acids is 1. The van der Waals surface area contributed by atoms with Crippen LogP contribution in [0.2, 0.25) is 0 Å². The second-order valence-corrected chi connectivity index (χ2v) is 4.90. The second-order valence-electron chi connectivity index (χ2n) is 4.90. The van der Waals surface area contributed by atoms with Gasteiger partial charge >= 0.3 is 5.97 Å². The fourth-order valence-corrected chi connectivity index (χ4v) is 2.08. The first kappa shape index (κ1) is 16.4. The summed E-state index contributed by atoms with van der Waals surface area (Å²) in [6, 6.07) is 2.01. The maximum Gasteiger partial charge on any atom is 0.329 e. The molecule has 0 aromatic carbocycles. The highest BCUT2D eigenvalue weighted by molar-refractivity contribution is 5.78. The smallest absolute Gasteiger partial charge is 0.329 e. The highest BCUT2D eigenvalue weighted by Gasteiger charge is 2.22. The van der Waals surface area contributed by atoms with Crippen molar-refractivity contribution in [1.29, 1.82) is 5.26 Å². The summed E-state index contributed by atoms with van der Waals surface area (Å²) in [7, 11) is 1.70. The molecule has 1 N–H and O–H groups in total. The molecule has 1 aliphatic heterocycles. The molecule has 7 nitrogen and oxygen atoms in total. The number of amides is 1. The largest absolute Gasteiger partial charge is 0.480 e. The summed E-state index contributed by atoms with van der Waals surface area (Å²) in [6.45, 7) is 1.98. The molecule has 0 saturated carbocycles. The highest BCUT2D eigenvalue weighted by atomic mass is 16.5. The molecule has 7 heteroatoms. The van der Waals surface area contributed by atoms with Crippen molar-refractivity contribution < 1.29 is 19.4 Å². The van der Waals surface area contributed by atoms with E-state index in [-0.39, 0.29) is 18.6 Å². The number of ether oxygens (including phenoxy) is 1. The van der Waals surface area contributed by atoms with Gasteiger partial charge in [-0.05, 0) is 12.8 Å². The Morgan fingerprint density at radius 2 is 2.10 bits per heavy atom. The molecule has 0 aromatic rings. The van der Waals surface area contributed by atoms with Crippen LogP contribution in [0.1, 0.15) is 19.3 Å². The Labute approximate surface area is 118 Å². The van der Waals surface area contributed by atoms with Crippen LogP contribution in [0, 0.1) is 11.3 Å². The standard InChI is InChI=1S/C13H21N3O4/c1-15(6-2-5-14)12(17)9-16-7-3-11(4-8-16)20-10-13(18)19/h11H,2-4,6-10H2,1H3,(H,18,19). The number of hydrogen-bond donors (Lipinski definition) is 1. The summed E-state index contributed by atoms with van der Waals surface area (Å²) in [5, 5.41) is 17.0. The van der Waals surface area contributed by atoms with Crippen molar-refractivity contribution in [2.45, 2.75) is 25.4 Å². The Kier molecular flexibility index (Phi) is 6.98. The van der Waals surface area contributed by atoms with Crippen molar-refractivity contribution in [2.24, 2.45) is 0 Å². The normalized spacial score (nSPS) is 16.6. The van der Waals surface area contributed by atoms with Gasteiger partial charge in [-0.1, -0.05) is 0 Å². The number of likely N-dealkylation sites (tertiary alicyclic amines) is 1. The van der Waals surface area contributed by atoms with Crippen molar-refractivity contribution >= 4 is 11.9 Å². The third-order valence-electron chi connectivity index (χ3n) is 3.32. The molecule has 1 rings (SSSR count). The van der Waals surface area contributed by atoms with Crippen LogP contribution in [0.5, 0.6) is 0 Å². The summed E-state index contributed by atoms with van der Waals surface area (Å²) >= 11 is 0. The minimum absolute atomic E-state index is 0.00477. The van der Waals surface area contributed by atoms with Gasteiger partial charge in [0.15, 0.2) is 0 Å². The van der Waals surface area contributed by atoms with E-state index >= 15 is 0 Å². The van der Waals surface area contributed by atoms with E-state index < -0.39 is 5.97 Å². The van der Waals surface area contributed by atoms with Gasteiger partial charge in [0.2, 0.25) is 5.91 Å². The first-order chi connectivity index (χ1) is 9.52. The zero-order valence-electron chi connectivity index (χ0n) is 11.7. The van der Waals surface area contributed by atoms with Gasteiger partial charge < -0.3 is 14.7 Å². The Morgan fingerprint density at radius 3 is 2.65 bits per heavy atom. The molecule has 1 heterocycles. The topological polar surface area (TPSA) is 93.9 Å². The number of rotatable bonds is 7. The number of carbonyl (C=O) groups is 2. The molecule has 112 valence electrons. The Balaban J connectivity index is 2.23. The lowest BCUT2D eigenvalue weighted by Gasteiger charge is -2.32. The minimum Gasteiger partial charge on any atom is -0.480 e. The number of carboxylic acid groups (broad SMARTS) is 1. The average molecular weight is 283 g/mol. The third-order valence-corrected chi connectivity index (χ3v) is 3.32. The number of carboxylic acids is 1. The molecule has 1 amide bonds. The summed E-state index contributed by atoms with van der Waals surface area (Å²) < 4.78 is 5.24. The summed E-state index contributed by atoms with van der Waals surface area (Å²) in [4.78, 5) is 25.9. The monoisotopic (exact) mass is 283 g/mol. The third kappa shape index (κ3) is 5.99. The summed E-state index contributed by atoms with van der Waals surface area (Å²) in [5.74, 6) is -0.952. The highest BCUT2D eigenvalue weighted by Crippen LogP contribution is 2.13. The predicted octanol–water partition coefficient (Wildman–Crippen LogP) is -0.0759. The number of hydrogen-bond acceptors (Lipinski definition) is 5. The van der Waals surface area contributed by atoms with Gasteiger partial charge in [0.1, 0.15) is 6.61 Å². The number of aliphatic carboxylic acids is 1. The average Bonchev–Trinajstić information content (AvgIpc) is 2.43. The van der Waals surface area contributed by atoms with Crippen LogP contribution < -0.4 is 0 Å². The predicted molar refractivity (Wildman–Crippen MR) is 70.9 cm³/mol. The number of nitrogens with zero attached hydrogens (tertiary/aromatic N) is 3. The zero-order valence-corrected chi connectivity index (χ0v) is 11.7. The molecule has 0 bridgehead atoms. The van der Waals surface area contributed by atoms with E-state index in [4.69, 9.17) is 15.1 Å². The van der Waals surface area contributed by atoms with Gasteiger partial charge in [0.05, 0.1) is 25.1 Å². The van der Waals surface area contributed by atoms with Gasteiger partial charge in [-0.3, -0.25) is 9.69 Å². The molecule has 0 unspecified atom stereocenters.